The average molecular weight is 296 g/mol. The van der Waals surface area contributed by atoms with Crippen LogP contribution in [0, 0.1) is 0 Å². The molecule has 7 nitrogen and oxygen atoms in total. The summed E-state index contributed by atoms with van der Waals surface area (Å²) >= 11 is 0. The Balaban J connectivity index is 2.39. The molecule has 0 fully saturated rings. The van der Waals surface area contributed by atoms with E-state index in [0.29, 0.717) is 5.56 Å². The van der Waals surface area contributed by atoms with Gasteiger partial charge in [-0.1, -0.05) is 30.3 Å². The van der Waals surface area contributed by atoms with Crippen molar-refractivity contribution in [2.75, 3.05) is 6.73 Å². The molecule has 21 heavy (non-hydrogen) atoms. The van der Waals surface area contributed by atoms with Gasteiger partial charge in [0.1, 0.15) is 12.3 Å². The second-order valence-corrected chi connectivity index (χ2v) is 5.27. The first-order valence-electron chi connectivity index (χ1n) is 6.41. The lowest BCUT2D eigenvalue weighted by molar-refractivity contribution is -0.144. The van der Waals surface area contributed by atoms with E-state index in [4.69, 9.17) is 14.7 Å². The fourth-order valence-corrected chi connectivity index (χ4v) is 1.44. The van der Waals surface area contributed by atoms with Crippen LogP contribution in [0.1, 0.15) is 32.4 Å². The largest absolute Gasteiger partial charge is 0.480 e. The van der Waals surface area contributed by atoms with Crippen molar-refractivity contribution in [2.24, 2.45) is 0 Å². The van der Waals surface area contributed by atoms with Crippen LogP contribution in [0.5, 0.6) is 0 Å². The van der Waals surface area contributed by atoms with Crippen LogP contribution < -0.4 is 10.8 Å². The van der Waals surface area contributed by atoms with Crippen molar-refractivity contribution < 1.29 is 24.3 Å². The van der Waals surface area contributed by atoms with Gasteiger partial charge in [0.2, 0.25) is 0 Å². The molecule has 0 radical (unpaired) electrons. The minimum Gasteiger partial charge on any atom is -0.480 e. The van der Waals surface area contributed by atoms with Crippen LogP contribution >= 0.6 is 0 Å². The number of benzene rings is 1. The molecule has 0 heterocycles. The number of hydrogen-bond acceptors (Lipinski definition) is 5. The maximum Gasteiger partial charge on any atom is 0.409 e. The highest BCUT2D eigenvalue weighted by Crippen LogP contribution is 2.12. The molecule has 3 N–H and O–H groups in total. The molecular formula is C14H20N2O5. The van der Waals surface area contributed by atoms with Crippen molar-refractivity contribution in [3.63, 3.8) is 0 Å². The Labute approximate surface area is 123 Å². The predicted molar refractivity (Wildman–Crippen MR) is 75.3 cm³/mol. The fraction of sp³-hybridized carbons (Fsp3) is 0.429. The van der Waals surface area contributed by atoms with E-state index in [-0.39, 0.29) is 6.73 Å². The highest BCUT2D eigenvalue weighted by atomic mass is 16.7. The van der Waals surface area contributed by atoms with Crippen LogP contribution in [-0.4, -0.2) is 29.5 Å². The van der Waals surface area contributed by atoms with Crippen LogP contribution in [0.3, 0.4) is 0 Å². The SMILES string of the molecule is CC(C)(C)OC(=O)NCON[C@@H](C(=O)O)c1ccccc1. The molecular weight excluding hydrogens is 276 g/mol. The molecule has 1 aromatic carbocycles. The van der Waals surface area contributed by atoms with Crippen molar-refractivity contribution in [3.05, 3.63) is 35.9 Å². The minimum atomic E-state index is -1.08. The predicted octanol–water partition coefficient (Wildman–Crippen LogP) is 1.82. The van der Waals surface area contributed by atoms with E-state index in [2.05, 4.69) is 10.8 Å². The third kappa shape index (κ3) is 6.73. The van der Waals surface area contributed by atoms with E-state index in [1.807, 2.05) is 0 Å². The number of carbonyl (C=O) groups is 2. The zero-order valence-electron chi connectivity index (χ0n) is 12.3. The number of hydroxylamine groups is 1. The van der Waals surface area contributed by atoms with E-state index in [1.54, 1.807) is 51.1 Å². The third-order valence-electron chi connectivity index (χ3n) is 2.27. The van der Waals surface area contributed by atoms with E-state index in [1.165, 1.54) is 0 Å². The molecule has 116 valence electrons. The number of ether oxygens (including phenoxy) is 1. The lowest BCUT2D eigenvalue weighted by atomic mass is 10.1. The van der Waals surface area contributed by atoms with Gasteiger partial charge in [-0.05, 0) is 26.3 Å². The maximum atomic E-state index is 11.3. The standard InChI is InChI=1S/C14H20N2O5/c1-14(2,3)21-13(19)15-9-20-16-11(12(17)18)10-7-5-4-6-8-10/h4-8,11,16H,9H2,1-3H3,(H,15,19)(H,17,18)/t11-/m1/s1. The number of nitrogens with one attached hydrogen (secondary N) is 2. The van der Waals surface area contributed by atoms with E-state index in [0.717, 1.165) is 0 Å². The number of aliphatic carboxylic acids is 1. The Morgan fingerprint density at radius 2 is 1.86 bits per heavy atom. The summed E-state index contributed by atoms with van der Waals surface area (Å²) in [5.41, 5.74) is 2.32. The van der Waals surface area contributed by atoms with Gasteiger partial charge < -0.3 is 9.84 Å². The molecule has 0 bridgehead atoms. The van der Waals surface area contributed by atoms with Crippen LogP contribution in [0.4, 0.5) is 4.79 Å². The van der Waals surface area contributed by atoms with Gasteiger partial charge in [-0.3, -0.25) is 14.9 Å². The molecule has 0 aliphatic carbocycles. The summed E-state index contributed by atoms with van der Waals surface area (Å²) in [5.74, 6) is -1.08. The first-order chi connectivity index (χ1) is 9.79. The molecule has 1 aromatic rings. The molecule has 1 rings (SSSR count). The lowest BCUT2D eigenvalue weighted by Crippen LogP contribution is -2.37. The van der Waals surface area contributed by atoms with E-state index in [9.17, 15) is 9.59 Å². The van der Waals surface area contributed by atoms with Gasteiger partial charge in [0.25, 0.3) is 0 Å². The summed E-state index contributed by atoms with van der Waals surface area (Å²) in [6.07, 6.45) is -0.643. The van der Waals surface area contributed by atoms with Crippen molar-refractivity contribution in [2.45, 2.75) is 32.4 Å². The summed E-state index contributed by atoms with van der Waals surface area (Å²) in [7, 11) is 0. The minimum absolute atomic E-state index is 0.217. The number of carbonyl (C=O) groups excluding carboxylic acids is 1. The first kappa shape index (κ1) is 16.9. The number of alkyl carbamates (subject to hydrolysis) is 1. The molecule has 0 aliphatic rings. The van der Waals surface area contributed by atoms with Gasteiger partial charge in [0.15, 0.2) is 6.04 Å². The Kier molecular flexibility index (Phi) is 6.13. The highest BCUT2D eigenvalue weighted by Gasteiger charge is 2.20. The summed E-state index contributed by atoms with van der Waals surface area (Å²) in [4.78, 5) is 27.5. The molecule has 0 saturated heterocycles. The second-order valence-electron chi connectivity index (χ2n) is 5.27. The van der Waals surface area contributed by atoms with Gasteiger partial charge in [0, 0.05) is 0 Å². The van der Waals surface area contributed by atoms with Crippen LogP contribution in [0.25, 0.3) is 0 Å². The van der Waals surface area contributed by atoms with Crippen LogP contribution in [0.2, 0.25) is 0 Å². The summed E-state index contributed by atoms with van der Waals surface area (Å²) < 4.78 is 5.00. The molecule has 0 spiro atoms. The highest BCUT2D eigenvalue weighted by molar-refractivity contribution is 5.75. The van der Waals surface area contributed by atoms with E-state index < -0.39 is 23.7 Å². The number of carboxylic acids is 1. The first-order valence-corrected chi connectivity index (χ1v) is 6.41. The van der Waals surface area contributed by atoms with Crippen molar-refractivity contribution in [1.82, 2.24) is 10.8 Å². The number of rotatable bonds is 6. The molecule has 1 amide bonds. The number of hydrogen-bond donors (Lipinski definition) is 3. The van der Waals surface area contributed by atoms with Crippen molar-refractivity contribution >= 4 is 12.1 Å². The summed E-state index contributed by atoms with van der Waals surface area (Å²) in [5, 5.41) is 11.5. The average Bonchev–Trinajstić information content (AvgIpc) is 2.37. The Hall–Kier alpha value is -2.12. The van der Waals surface area contributed by atoms with Crippen molar-refractivity contribution in [1.29, 1.82) is 0 Å². The Morgan fingerprint density at radius 3 is 2.38 bits per heavy atom. The van der Waals surface area contributed by atoms with Crippen LogP contribution in [0.15, 0.2) is 30.3 Å². The van der Waals surface area contributed by atoms with Gasteiger partial charge in [-0.25, -0.2) is 4.79 Å². The van der Waals surface area contributed by atoms with Gasteiger partial charge in [-0.2, -0.15) is 5.48 Å². The molecule has 0 unspecified atom stereocenters. The Bertz CT molecular complexity index is 470. The summed E-state index contributed by atoms with van der Waals surface area (Å²) in [6.45, 7) is 5.00. The third-order valence-corrected chi connectivity index (χ3v) is 2.27. The Morgan fingerprint density at radius 1 is 1.24 bits per heavy atom. The zero-order valence-corrected chi connectivity index (χ0v) is 12.3. The topological polar surface area (TPSA) is 96.9 Å². The quantitative estimate of drug-likeness (QED) is 0.421. The zero-order chi connectivity index (χ0) is 15.9. The number of amides is 1. The molecule has 1 atom stereocenters. The normalized spacial score (nSPS) is 12.5. The van der Waals surface area contributed by atoms with Gasteiger partial charge >= 0.3 is 12.1 Å². The second kappa shape index (κ2) is 7.61. The lowest BCUT2D eigenvalue weighted by Gasteiger charge is -2.20. The van der Waals surface area contributed by atoms with Gasteiger partial charge in [-0.15, -0.1) is 0 Å². The molecule has 0 aromatic heterocycles. The van der Waals surface area contributed by atoms with E-state index >= 15 is 0 Å². The summed E-state index contributed by atoms with van der Waals surface area (Å²) in [6, 6.07) is 7.55. The maximum absolute atomic E-state index is 11.3. The molecule has 0 aliphatic heterocycles. The van der Waals surface area contributed by atoms with Crippen LogP contribution in [-0.2, 0) is 14.4 Å². The molecule has 7 heteroatoms. The van der Waals surface area contributed by atoms with Crippen molar-refractivity contribution in [3.8, 4) is 0 Å². The monoisotopic (exact) mass is 296 g/mol. The molecule has 0 saturated carbocycles. The number of carboxylic acid groups (broad SMARTS) is 1. The fourth-order valence-electron chi connectivity index (χ4n) is 1.44. The van der Waals surface area contributed by atoms with Gasteiger partial charge in [0.05, 0.1) is 0 Å². The smallest absolute Gasteiger partial charge is 0.409 e.